The Bertz CT molecular complexity index is 513. The van der Waals surface area contributed by atoms with Gasteiger partial charge in [-0.3, -0.25) is 0 Å². The fourth-order valence-electron chi connectivity index (χ4n) is 1.98. The largest absolute Gasteiger partial charge is 0.493 e. The second-order valence-electron chi connectivity index (χ2n) is 4.00. The fraction of sp³-hybridized carbons (Fsp3) is 0.385. The third-order valence-electron chi connectivity index (χ3n) is 2.88. The molecule has 0 radical (unpaired) electrons. The maximum atomic E-state index is 5.33. The summed E-state index contributed by atoms with van der Waals surface area (Å²) < 4.78 is 10.6. The lowest BCUT2D eigenvalue weighted by atomic mass is 10.0. The Morgan fingerprint density at radius 1 is 1.26 bits per heavy atom. The molecule has 6 heteroatoms. The molecular weight excluding hydrogens is 244 g/mol. The lowest BCUT2D eigenvalue weighted by Gasteiger charge is -2.17. The predicted octanol–water partition coefficient (Wildman–Crippen LogP) is 1.52. The lowest BCUT2D eigenvalue weighted by molar-refractivity contribution is 0.354. The number of aromatic amines is 1. The summed E-state index contributed by atoms with van der Waals surface area (Å²) >= 11 is 0. The smallest absolute Gasteiger partial charge is 0.161 e. The number of rotatable bonds is 6. The number of nitrogens with zero attached hydrogens (tertiary/aromatic N) is 2. The second kappa shape index (κ2) is 6.19. The van der Waals surface area contributed by atoms with Crippen LogP contribution in [-0.2, 0) is 0 Å². The van der Waals surface area contributed by atoms with Crippen molar-refractivity contribution in [3.8, 4) is 11.5 Å². The summed E-state index contributed by atoms with van der Waals surface area (Å²) in [6, 6.07) is 5.80. The highest BCUT2D eigenvalue weighted by atomic mass is 16.5. The van der Waals surface area contributed by atoms with E-state index in [0.717, 1.165) is 17.8 Å². The van der Waals surface area contributed by atoms with Gasteiger partial charge in [-0.2, -0.15) is 15.4 Å². The molecule has 19 heavy (non-hydrogen) atoms. The number of ether oxygens (including phenoxy) is 2. The van der Waals surface area contributed by atoms with Gasteiger partial charge < -0.3 is 14.8 Å². The van der Waals surface area contributed by atoms with Crippen molar-refractivity contribution in [1.82, 2.24) is 20.7 Å². The van der Waals surface area contributed by atoms with Gasteiger partial charge in [0, 0.05) is 0 Å². The van der Waals surface area contributed by atoms with Crippen LogP contribution in [0.25, 0.3) is 0 Å². The number of hydrogen-bond acceptors (Lipinski definition) is 5. The molecule has 0 bridgehead atoms. The van der Waals surface area contributed by atoms with Crippen LogP contribution in [0.15, 0.2) is 24.4 Å². The van der Waals surface area contributed by atoms with E-state index in [4.69, 9.17) is 9.47 Å². The molecule has 1 heterocycles. The fourth-order valence-corrected chi connectivity index (χ4v) is 1.98. The highest BCUT2D eigenvalue weighted by Crippen LogP contribution is 2.31. The monoisotopic (exact) mass is 262 g/mol. The lowest BCUT2D eigenvalue weighted by Crippen LogP contribution is -2.22. The van der Waals surface area contributed by atoms with Gasteiger partial charge in [0.25, 0.3) is 0 Å². The summed E-state index contributed by atoms with van der Waals surface area (Å²) in [5.41, 5.74) is 1.89. The Hall–Kier alpha value is -2.08. The Labute approximate surface area is 112 Å². The Morgan fingerprint density at radius 2 is 2.05 bits per heavy atom. The van der Waals surface area contributed by atoms with Gasteiger partial charge in [-0.15, -0.1) is 0 Å². The summed E-state index contributed by atoms with van der Waals surface area (Å²) in [6.07, 6.45) is 1.71. The normalized spacial score (nSPS) is 12.2. The van der Waals surface area contributed by atoms with Crippen LogP contribution in [0.5, 0.6) is 11.5 Å². The van der Waals surface area contributed by atoms with Gasteiger partial charge in [0.05, 0.1) is 26.5 Å². The van der Waals surface area contributed by atoms with Crippen LogP contribution >= 0.6 is 0 Å². The summed E-state index contributed by atoms with van der Waals surface area (Å²) in [6.45, 7) is 2.87. The average Bonchev–Trinajstić information content (AvgIpc) is 2.98. The zero-order chi connectivity index (χ0) is 13.7. The average molecular weight is 262 g/mol. The van der Waals surface area contributed by atoms with Crippen LogP contribution in [0.2, 0.25) is 0 Å². The number of H-pyrrole nitrogens is 1. The molecule has 1 aromatic carbocycles. The van der Waals surface area contributed by atoms with Crippen molar-refractivity contribution in [1.29, 1.82) is 0 Å². The van der Waals surface area contributed by atoms with Crippen LogP contribution < -0.4 is 14.8 Å². The summed E-state index contributed by atoms with van der Waals surface area (Å²) in [5, 5.41) is 14.0. The van der Waals surface area contributed by atoms with Gasteiger partial charge in [0.15, 0.2) is 11.5 Å². The molecule has 0 aliphatic carbocycles. The van der Waals surface area contributed by atoms with E-state index in [0.29, 0.717) is 11.5 Å². The molecule has 0 aliphatic rings. The third kappa shape index (κ3) is 2.85. The standard InChI is InChI=1S/C13H18N4O2/c1-4-14-13(10-8-15-17-16-10)9-5-6-11(18-2)12(7-9)19-3/h5-8,13-14H,4H2,1-3H3,(H,15,16,17). The molecule has 0 fully saturated rings. The third-order valence-corrected chi connectivity index (χ3v) is 2.88. The van der Waals surface area contributed by atoms with Crippen LogP contribution in [0, 0.1) is 0 Å². The van der Waals surface area contributed by atoms with Gasteiger partial charge in [0.2, 0.25) is 0 Å². The van der Waals surface area contributed by atoms with E-state index in [-0.39, 0.29) is 6.04 Å². The van der Waals surface area contributed by atoms with Crippen LogP contribution in [-0.4, -0.2) is 36.2 Å². The van der Waals surface area contributed by atoms with Gasteiger partial charge in [-0.1, -0.05) is 13.0 Å². The molecule has 2 N–H and O–H groups in total. The van der Waals surface area contributed by atoms with Crippen molar-refractivity contribution in [3.05, 3.63) is 35.7 Å². The Balaban J connectivity index is 2.37. The number of hydrogen-bond donors (Lipinski definition) is 2. The zero-order valence-corrected chi connectivity index (χ0v) is 11.3. The summed E-state index contributed by atoms with van der Waals surface area (Å²) in [4.78, 5) is 0. The SMILES string of the molecule is CCNC(c1ccc(OC)c(OC)c1)c1cn[nH]n1. The molecule has 2 rings (SSSR count). The summed E-state index contributed by atoms with van der Waals surface area (Å²) in [5.74, 6) is 1.41. The van der Waals surface area contributed by atoms with Crippen LogP contribution in [0.3, 0.4) is 0 Å². The van der Waals surface area contributed by atoms with E-state index >= 15 is 0 Å². The first-order valence-electron chi connectivity index (χ1n) is 6.11. The highest BCUT2D eigenvalue weighted by molar-refractivity contribution is 5.45. The molecule has 1 unspecified atom stereocenters. The van der Waals surface area contributed by atoms with E-state index < -0.39 is 0 Å². The molecule has 1 atom stereocenters. The predicted molar refractivity (Wildman–Crippen MR) is 71.4 cm³/mol. The van der Waals surface area contributed by atoms with Crippen molar-refractivity contribution < 1.29 is 9.47 Å². The number of benzene rings is 1. The quantitative estimate of drug-likeness (QED) is 0.826. The minimum Gasteiger partial charge on any atom is -0.493 e. The van der Waals surface area contributed by atoms with E-state index in [2.05, 4.69) is 20.7 Å². The van der Waals surface area contributed by atoms with E-state index in [1.807, 2.05) is 25.1 Å². The maximum Gasteiger partial charge on any atom is 0.161 e. The van der Waals surface area contributed by atoms with Crippen LogP contribution in [0.1, 0.15) is 24.2 Å². The van der Waals surface area contributed by atoms with Crippen molar-refractivity contribution in [3.63, 3.8) is 0 Å². The molecule has 0 saturated heterocycles. The molecule has 102 valence electrons. The second-order valence-corrected chi connectivity index (χ2v) is 4.00. The first-order valence-corrected chi connectivity index (χ1v) is 6.11. The molecule has 0 amide bonds. The number of aromatic nitrogens is 3. The Kier molecular flexibility index (Phi) is 4.35. The number of nitrogens with one attached hydrogen (secondary N) is 2. The van der Waals surface area contributed by atoms with Crippen molar-refractivity contribution in [2.45, 2.75) is 13.0 Å². The van der Waals surface area contributed by atoms with Gasteiger partial charge in [0.1, 0.15) is 5.69 Å². The molecule has 0 aliphatic heterocycles. The first-order chi connectivity index (χ1) is 9.30. The van der Waals surface area contributed by atoms with Gasteiger partial charge in [-0.25, -0.2) is 0 Å². The Morgan fingerprint density at radius 3 is 2.63 bits per heavy atom. The molecule has 0 spiro atoms. The molecule has 6 nitrogen and oxygen atoms in total. The van der Waals surface area contributed by atoms with Gasteiger partial charge >= 0.3 is 0 Å². The minimum atomic E-state index is -0.0245. The van der Waals surface area contributed by atoms with Crippen molar-refractivity contribution in [2.75, 3.05) is 20.8 Å². The molecule has 1 aromatic heterocycles. The summed E-state index contributed by atoms with van der Waals surface area (Å²) in [7, 11) is 3.25. The van der Waals surface area contributed by atoms with Gasteiger partial charge in [-0.05, 0) is 24.2 Å². The highest BCUT2D eigenvalue weighted by Gasteiger charge is 2.17. The van der Waals surface area contributed by atoms with Crippen molar-refractivity contribution in [2.24, 2.45) is 0 Å². The molecular formula is C13H18N4O2. The zero-order valence-electron chi connectivity index (χ0n) is 11.3. The molecule has 0 saturated carbocycles. The maximum absolute atomic E-state index is 5.33. The first kappa shape index (κ1) is 13.4. The van der Waals surface area contributed by atoms with E-state index in [1.54, 1.807) is 20.4 Å². The minimum absolute atomic E-state index is 0.0245. The molecule has 2 aromatic rings. The topological polar surface area (TPSA) is 72.1 Å². The number of methoxy groups -OCH3 is 2. The van der Waals surface area contributed by atoms with E-state index in [1.165, 1.54) is 0 Å². The van der Waals surface area contributed by atoms with E-state index in [9.17, 15) is 0 Å². The van der Waals surface area contributed by atoms with Crippen molar-refractivity contribution >= 4 is 0 Å². The van der Waals surface area contributed by atoms with Crippen LogP contribution in [0.4, 0.5) is 0 Å².